The molecule has 13 heteroatoms. The lowest BCUT2D eigenvalue weighted by atomic mass is 10.2. The Morgan fingerprint density at radius 2 is 1.56 bits per heavy atom. The number of nitrogens with one attached hydrogen (secondary N) is 2. The molecule has 0 spiro atoms. The first-order valence-electron chi connectivity index (χ1n) is 8.97. The molecule has 0 aliphatic carbocycles. The van der Waals surface area contributed by atoms with E-state index >= 15 is 0 Å². The van der Waals surface area contributed by atoms with Crippen molar-refractivity contribution in [2.24, 2.45) is 0 Å². The van der Waals surface area contributed by atoms with Gasteiger partial charge in [-0.3, -0.25) is 10.1 Å². The number of rotatable bonds is 4. The molecule has 0 saturated heterocycles. The van der Waals surface area contributed by atoms with Crippen molar-refractivity contribution in [1.82, 2.24) is 5.32 Å². The zero-order valence-corrected chi connectivity index (χ0v) is 19.5. The van der Waals surface area contributed by atoms with Crippen LogP contribution in [0.25, 0.3) is 0 Å². The van der Waals surface area contributed by atoms with Crippen molar-refractivity contribution in [1.29, 1.82) is 0 Å². The Morgan fingerprint density at radius 3 is 2.15 bits per heavy atom. The molecule has 3 aromatic carbocycles. The smallest absolute Gasteiger partial charge is 0.305 e. The summed E-state index contributed by atoms with van der Waals surface area (Å²) in [5, 5.41) is 3.52. The maximum absolute atomic E-state index is 14.5. The van der Waals surface area contributed by atoms with Gasteiger partial charge in [-0.1, -0.05) is 29.4 Å². The number of alkyl halides is 3. The van der Waals surface area contributed by atoms with E-state index in [1.807, 2.05) is 5.32 Å². The second-order valence-corrected chi connectivity index (χ2v) is 8.86. The van der Waals surface area contributed by atoms with Gasteiger partial charge in [0.1, 0.15) is 23.0 Å². The highest BCUT2D eigenvalue weighted by Crippen LogP contribution is 2.41. The van der Waals surface area contributed by atoms with E-state index in [9.17, 15) is 35.9 Å². The summed E-state index contributed by atoms with van der Waals surface area (Å²) >= 11 is 9.94. The zero-order chi connectivity index (χ0) is 25.2. The minimum absolute atomic E-state index is 0.201. The second-order valence-electron chi connectivity index (χ2n) is 6.51. The molecule has 34 heavy (non-hydrogen) atoms. The van der Waals surface area contributed by atoms with Crippen molar-refractivity contribution >= 4 is 56.9 Å². The number of hydrogen-bond donors (Lipinski definition) is 2. The van der Waals surface area contributed by atoms with E-state index in [1.165, 1.54) is 0 Å². The van der Waals surface area contributed by atoms with E-state index in [2.05, 4.69) is 15.9 Å². The van der Waals surface area contributed by atoms with Crippen LogP contribution in [0.4, 0.5) is 36.8 Å². The summed E-state index contributed by atoms with van der Waals surface area (Å²) in [5.74, 6) is -4.73. The molecule has 0 atom stereocenters. The van der Waals surface area contributed by atoms with E-state index in [1.54, 1.807) is 5.32 Å². The number of amides is 3. The third-order valence-corrected chi connectivity index (χ3v) is 6.64. The van der Waals surface area contributed by atoms with Gasteiger partial charge in [0.25, 0.3) is 5.91 Å². The molecular formula is C21H10BrClF6N2O2S. The fourth-order valence-corrected chi connectivity index (χ4v) is 4.35. The van der Waals surface area contributed by atoms with Crippen LogP contribution in [0.5, 0.6) is 0 Å². The molecule has 0 aromatic heterocycles. The molecule has 0 unspecified atom stereocenters. The highest BCUT2D eigenvalue weighted by Gasteiger charge is 2.31. The van der Waals surface area contributed by atoms with Crippen LogP contribution in [0.3, 0.4) is 0 Å². The third kappa shape index (κ3) is 6.05. The Bertz CT molecular complexity index is 1270. The third-order valence-electron chi connectivity index (χ3n) is 4.17. The second kappa shape index (κ2) is 10.3. The topological polar surface area (TPSA) is 58.2 Å². The van der Waals surface area contributed by atoms with E-state index in [0.717, 1.165) is 60.3 Å². The van der Waals surface area contributed by atoms with Gasteiger partial charge in [0.2, 0.25) is 0 Å². The molecule has 0 aliphatic heterocycles. The van der Waals surface area contributed by atoms with Crippen LogP contribution in [0.2, 0.25) is 5.02 Å². The monoisotopic (exact) mass is 582 g/mol. The van der Waals surface area contributed by atoms with Gasteiger partial charge >= 0.3 is 12.2 Å². The molecule has 3 rings (SSSR count). The summed E-state index contributed by atoms with van der Waals surface area (Å²) in [5.41, 5.74) is -2.32. The molecule has 3 aromatic rings. The van der Waals surface area contributed by atoms with Crippen LogP contribution in [0.15, 0.2) is 62.8 Å². The van der Waals surface area contributed by atoms with Crippen LogP contribution in [-0.4, -0.2) is 11.9 Å². The Morgan fingerprint density at radius 1 is 0.912 bits per heavy atom. The maximum Gasteiger partial charge on any atom is 0.416 e. The molecule has 0 bridgehead atoms. The predicted octanol–water partition coefficient (Wildman–Crippen LogP) is 7.65. The fraction of sp³-hybridized carbons (Fsp3) is 0.0476. The first-order valence-corrected chi connectivity index (χ1v) is 11.0. The lowest BCUT2D eigenvalue weighted by Crippen LogP contribution is -2.35. The number of halogens is 8. The minimum atomic E-state index is -4.58. The molecule has 0 aliphatic rings. The highest BCUT2D eigenvalue weighted by atomic mass is 79.9. The molecule has 0 radical (unpaired) electrons. The van der Waals surface area contributed by atoms with Crippen LogP contribution in [0.1, 0.15) is 15.9 Å². The number of anilines is 1. The molecule has 0 saturated carbocycles. The molecule has 178 valence electrons. The van der Waals surface area contributed by atoms with Crippen LogP contribution in [-0.2, 0) is 6.18 Å². The number of urea groups is 1. The van der Waals surface area contributed by atoms with Gasteiger partial charge in [-0.25, -0.2) is 18.0 Å². The zero-order valence-electron chi connectivity index (χ0n) is 16.4. The lowest BCUT2D eigenvalue weighted by Gasteiger charge is -2.13. The SMILES string of the molecule is O=C(NC(=O)c1c(F)cccc1F)Nc1cc(Br)c(Sc2ccc(C(F)(F)F)cc2Cl)cc1F. The fourth-order valence-electron chi connectivity index (χ4n) is 2.61. The molecule has 0 fully saturated rings. The van der Waals surface area contributed by atoms with Gasteiger partial charge < -0.3 is 5.32 Å². The number of carbonyl (C=O) groups excluding carboxylic acids is 2. The highest BCUT2D eigenvalue weighted by molar-refractivity contribution is 9.10. The number of hydrogen-bond acceptors (Lipinski definition) is 3. The minimum Gasteiger partial charge on any atom is -0.305 e. The van der Waals surface area contributed by atoms with Gasteiger partial charge in [-0.05, 0) is 58.4 Å². The summed E-state index contributed by atoms with van der Waals surface area (Å²) in [7, 11) is 0. The Balaban J connectivity index is 1.74. The summed E-state index contributed by atoms with van der Waals surface area (Å²) in [4.78, 5) is 24.4. The summed E-state index contributed by atoms with van der Waals surface area (Å²) < 4.78 is 80.5. The van der Waals surface area contributed by atoms with E-state index in [-0.39, 0.29) is 19.3 Å². The largest absolute Gasteiger partial charge is 0.416 e. The average Bonchev–Trinajstić information content (AvgIpc) is 2.72. The van der Waals surface area contributed by atoms with Crippen LogP contribution >= 0.6 is 39.3 Å². The lowest BCUT2D eigenvalue weighted by molar-refractivity contribution is -0.137. The van der Waals surface area contributed by atoms with Crippen molar-refractivity contribution in [3.63, 3.8) is 0 Å². The maximum atomic E-state index is 14.5. The Hall–Kier alpha value is -2.70. The molecule has 4 nitrogen and oxygen atoms in total. The normalized spacial score (nSPS) is 11.3. The molecule has 0 heterocycles. The van der Waals surface area contributed by atoms with E-state index in [0.29, 0.717) is 0 Å². The number of imide groups is 1. The summed E-state index contributed by atoms with van der Waals surface area (Å²) in [6.45, 7) is 0. The van der Waals surface area contributed by atoms with Crippen molar-refractivity contribution in [3.8, 4) is 0 Å². The van der Waals surface area contributed by atoms with E-state index in [4.69, 9.17) is 11.6 Å². The van der Waals surface area contributed by atoms with Crippen molar-refractivity contribution in [2.45, 2.75) is 16.0 Å². The Labute approximate surface area is 205 Å². The van der Waals surface area contributed by atoms with Gasteiger partial charge in [0.15, 0.2) is 0 Å². The Kier molecular flexibility index (Phi) is 7.84. The number of benzene rings is 3. The average molecular weight is 584 g/mol. The quantitative estimate of drug-likeness (QED) is 0.310. The first-order chi connectivity index (χ1) is 15.9. The molecule has 3 amide bonds. The van der Waals surface area contributed by atoms with Crippen LogP contribution < -0.4 is 10.6 Å². The molecular weight excluding hydrogens is 574 g/mol. The van der Waals surface area contributed by atoms with Crippen molar-refractivity contribution < 1.29 is 35.9 Å². The van der Waals surface area contributed by atoms with Gasteiger partial charge in [-0.15, -0.1) is 0 Å². The summed E-state index contributed by atoms with van der Waals surface area (Å²) in [6.07, 6.45) is -4.58. The van der Waals surface area contributed by atoms with Gasteiger partial charge in [0.05, 0.1) is 16.3 Å². The van der Waals surface area contributed by atoms with E-state index < -0.39 is 52.4 Å². The van der Waals surface area contributed by atoms with Crippen molar-refractivity contribution in [3.05, 3.63) is 86.6 Å². The van der Waals surface area contributed by atoms with Crippen LogP contribution in [0, 0.1) is 17.5 Å². The number of carbonyl (C=O) groups is 2. The first kappa shape index (κ1) is 25.9. The molecule has 2 N–H and O–H groups in total. The van der Waals surface area contributed by atoms with Crippen molar-refractivity contribution in [2.75, 3.05) is 5.32 Å². The van der Waals surface area contributed by atoms with Gasteiger partial charge in [-0.2, -0.15) is 13.2 Å². The predicted molar refractivity (Wildman–Crippen MR) is 118 cm³/mol. The summed E-state index contributed by atoms with van der Waals surface area (Å²) in [6, 6.07) is 6.22. The van der Waals surface area contributed by atoms with Gasteiger partial charge in [0, 0.05) is 14.3 Å². The standard InChI is InChI=1S/C21H10BrClF6N2O2S/c22-10-7-15(30-20(33)31-19(32)18-12(24)2-1-3-13(18)25)14(26)8-17(10)34-16-5-4-9(6-11(16)23)21(27,28)29/h1-8H,(H2,30,31,32,33).